The van der Waals surface area contributed by atoms with Gasteiger partial charge in [-0.05, 0) is 18.2 Å². The molecule has 0 aliphatic heterocycles. The Morgan fingerprint density at radius 1 is 1.15 bits per heavy atom. The maximum atomic E-state index is 11.9. The molecule has 1 aromatic heterocycles. The van der Waals surface area contributed by atoms with E-state index in [1.54, 1.807) is 0 Å². The minimum absolute atomic E-state index is 0.101. The summed E-state index contributed by atoms with van der Waals surface area (Å²) in [5.74, 6) is -1.12. The van der Waals surface area contributed by atoms with Gasteiger partial charge in [-0.2, -0.15) is 0 Å². The molecule has 2 amide bonds. The summed E-state index contributed by atoms with van der Waals surface area (Å²) < 4.78 is 0. The first-order valence-electron chi connectivity index (χ1n) is 5.35. The lowest BCUT2D eigenvalue weighted by Crippen LogP contribution is -2.15. The van der Waals surface area contributed by atoms with E-state index in [4.69, 9.17) is 28.9 Å². The highest BCUT2D eigenvalue weighted by Gasteiger charge is 2.11. The largest absolute Gasteiger partial charge is 0.366 e. The van der Waals surface area contributed by atoms with Gasteiger partial charge in [-0.3, -0.25) is 9.59 Å². The van der Waals surface area contributed by atoms with Crippen molar-refractivity contribution in [2.45, 2.75) is 0 Å². The lowest BCUT2D eigenvalue weighted by atomic mass is 10.2. The van der Waals surface area contributed by atoms with Crippen molar-refractivity contribution in [1.29, 1.82) is 0 Å². The van der Waals surface area contributed by atoms with Crippen LogP contribution in [0.4, 0.5) is 5.69 Å². The molecule has 0 unspecified atom stereocenters. The Balaban J connectivity index is 2.18. The van der Waals surface area contributed by atoms with Crippen molar-refractivity contribution in [3.63, 3.8) is 0 Å². The smallest absolute Gasteiger partial charge is 0.275 e. The minimum Gasteiger partial charge on any atom is -0.366 e. The first kappa shape index (κ1) is 14.2. The number of hydrogen-bond donors (Lipinski definition) is 2. The molecular weight excluding hydrogens is 303 g/mol. The second kappa shape index (κ2) is 5.85. The van der Waals surface area contributed by atoms with E-state index in [9.17, 15) is 9.59 Å². The summed E-state index contributed by atoms with van der Waals surface area (Å²) in [6.07, 6.45) is 2.51. The third kappa shape index (κ3) is 3.23. The summed E-state index contributed by atoms with van der Waals surface area (Å²) in [6, 6.07) is 4.35. The minimum atomic E-state index is -0.642. The average molecular weight is 311 g/mol. The molecule has 1 heterocycles. The number of halogens is 2. The predicted octanol–water partition coefficient (Wildman–Crippen LogP) is 2.13. The van der Waals surface area contributed by atoms with Crippen molar-refractivity contribution in [3.8, 4) is 0 Å². The van der Waals surface area contributed by atoms with Crippen molar-refractivity contribution < 1.29 is 9.59 Å². The molecule has 0 bridgehead atoms. The van der Waals surface area contributed by atoms with E-state index in [-0.39, 0.29) is 21.4 Å². The van der Waals surface area contributed by atoms with Gasteiger partial charge in [0.1, 0.15) is 10.8 Å². The summed E-state index contributed by atoms with van der Waals surface area (Å²) in [4.78, 5) is 30.5. The SMILES string of the molecule is NC(=O)c1ccc(NC(=O)c2cnc(Cl)cn2)cc1Cl. The maximum Gasteiger partial charge on any atom is 0.275 e. The summed E-state index contributed by atoms with van der Waals surface area (Å²) in [5.41, 5.74) is 5.81. The molecular formula is C12H8Cl2N4O2. The van der Waals surface area contributed by atoms with Crippen LogP contribution < -0.4 is 11.1 Å². The quantitative estimate of drug-likeness (QED) is 0.907. The van der Waals surface area contributed by atoms with E-state index in [2.05, 4.69) is 15.3 Å². The summed E-state index contributed by atoms with van der Waals surface area (Å²) in [6.45, 7) is 0. The molecule has 6 nitrogen and oxygen atoms in total. The highest BCUT2D eigenvalue weighted by Crippen LogP contribution is 2.21. The monoisotopic (exact) mass is 310 g/mol. The number of benzene rings is 1. The van der Waals surface area contributed by atoms with Crippen LogP contribution in [0.15, 0.2) is 30.6 Å². The lowest BCUT2D eigenvalue weighted by molar-refractivity contribution is 0.0998. The fourth-order valence-electron chi connectivity index (χ4n) is 1.42. The molecule has 2 aromatic rings. The summed E-state index contributed by atoms with van der Waals surface area (Å²) >= 11 is 11.5. The third-order valence-corrected chi connectivity index (χ3v) is 2.85. The molecule has 2 rings (SSSR count). The molecule has 0 aliphatic rings. The van der Waals surface area contributed by atoms with Gasteiger partial charge in [0.15, 0.2) is 0 Å². The summed E-state index contributed by atoms with van der Waals surface area (Å²) in [5, 5.41) is 2.90. The fraction of sp³-hybridized carbons (Fsp3) is 0. The highest BCUT2D eigenvalue weighted by molar-refractivity contribution is 6.34. The van der Waals surface area contributed by atoms with Crippen LogP contribution in [0, 0.1) is 0 Å². The van der Waals surface area contributed by atoms with Gasteiger partial charge in [0.05, 0.1) is 23.0 Å². The highest BCUT2D eigenvalue weighted by atomic mass is 35.5. The fourth-order valence-corrected chi connectivity index (χ4v) is 1.79. The van der Waals surface area contributed by atoms with Gasteiger partial charge in [0.25, 0.3) is 5.91 Å². The molecule has 0 fully saturated rings. The van der Waals surface area contributed by atoms with Crippen LogP contribution in [0.3, 0.4) is 0 Å². The number of rotatable bonds is 3. The van der Waals surface area contributed by atoms with Crippen LogP contribution in [0.2, 0.25) is 10.2 Å². The van der Waals surface area contributed by atoms with Crippen molar-refractivity contribution in [2.24, 2.45) is 5.73 Å². The Morgan fingerprint density at radius 2 is 1.90 bits per heavy atom. The Kier molecular flexibility index (Phi) is 4.16. The number of nitrogens with one attached hydrogen (secondary N) is 1. The lowest BCUT2D eigenvalue weighted by Gasteiger charge is -2.06. The molecule has 0 spiro atoms. The predicted molar refractivity (Wildman–Crippen MR) is 75.0 cm³/mol. The molecule has 8 heteroatoms. The average Bonchev–Trinajstić information content (AvgIpc) is 2.39. The zero-order valence-corrected chi connectivity index (χ0v) is 11.4. The van der Waals surface area contributed by atoms with Crippen molar-refractivity contribution in [1.82, 2.24) is 9.97 Å². The van der Waals surface area contributed by atoms with Crippen molar-refractivity contribution >= 4 is 40.7 Å². The van der Waals surface area contributed by atoms with E-state index >= 15 is 0 Å². The van der Waals surface area contributed by atoms with Crippen molar-refractivity contribution in [3.05, 3.63) is 52.0 Å². The van der Waals surface area contributed by atoms with Gasteiger partial charge >= 0.3 is 0 Å². The van der Waals surface area contributed by atoms with Crippen LogP contribution in [0.5, 0.6) is 0 Å². The van der Waals surface area contributed by atoms with Gasteiger partial charge < -0.3 is 11.1 Å². The zero-order valence-electron chi connectivity index (χ0n) is 9.93. The van der Waals surface area contributed by atoms with E-state index < -0.39 is 11.8 Å². The molecule has 102 valence electrons. The molecule has 0 aliphatic carbocycles. The number of primary amides is 1. The Hall–Kier alpha value is -2.18. The third-order valence-electron chi connectivity index (χ3n) is 2.35. The molecule has 1 aromatic carbocycles. The Labute approximate surface area is 123 Å². The van der Waals surface area contributed by atoms with Gasteiger partial charge in [0, 0.05) is 5.69 Å². The standard InChI is InChI=1S/C12H8Cl2N4O2/c13-8-3-6(1-2-7(8)11(15)19)18-12(20)9-4-17-10(14)5-16-9/h1-5H,(H2,15,19)(H,18,20). The maximum absolute atomic E-state index is 11.9. The van der Waals surface area contributed by atoms with E-state index in [1.807, 2.05) is 0 Å². The van der Waals surface area contributed by atoms with Gasteiger partial charge in [0.2, 0.25) is 5.91 Å². The number of carbonyl (C=O) groups excluding carboxylic acids is 2. The van der Waals surface area contributed by atoms with Gasteiger partial charge in [-0.15, -0.1) is 0 Å². The molecule has 0 saturated carbocycles. The van der Waals surface area contributed by atoms with Gasteiger partial charge in [-0.1, -0.05) is 23.2 Å². The zero-order chi connectivity index (χ0) is 14.7. The van der Waals surface area contributed by atoms with E-state index in [0.717, 1.165) is 0 Å². The molecule has 3 N–H and O–H groups in total. The van der Waals surface area contributed by atoms with E-state index in [1.165, 1.54) is 30.6 Å². The normalized spacial score (nSPS) is 10.1. The van der Waals surface area contributed by atoms with Gasteiger partial charge in [-0.25, -0.2) is 9.97 Å². The first-order valence-corrected chi connectivity index (χ1v) is 6.11. The van der Waals surface area contributed by atoms with E-state index in [0.29, 0.717) is 5.69 Å². The Morgan fingerprint density at radius 3 is 2.45 bits per heavy atom. The Bertz CT molecular complexity index is 674. The molecule has 0 atom stereocenters. The number of amides is 2. The summed E-state index contributed by atoms with van der Waals surface area (Å²) in [7, 11) is 0. The number of nitrogens with two attached hydrogens (primary N) is 1. The van der Waals surface area contributed by atoms with Crippen LogP contribution in [-0.2, 0) is 0 Å². The van der Waals surface area contributed by atoms with Crippen LogP contribution in [0.1, 0.15) is 20.8 Å². The second-order valence-corrected chi connectivity index (χ2v) is 4.53. The second-order valence-electron chi connectivity index (χ2n) is 3.74. The first-order chi connectivity index (χ1) is 9.47. The topological polar surface area (TPSA) is 98.0 Å². The molecule has 20 heavy (non-hydrogen) atoms. The van der Waals surface area contributed by atoms with Crippen molar-refractivity contribution in [2.75, 3.05) is 5.32 Å². The van der Waals surface area contributed by atoms with Crippen LogP contribution >= 0.6 is 23.2 Å². The number of nitrogens with zero attached hydrogens (tertiary/aromatic N) is 2. The number of anilines is 1. The molecule has 0 radical (unpaired) electrons. The number of carbonyl (C=O) groups is 2. The van der Waals surface area contributed by atoms with Crippen LogP contribution in [-0.4, -0.2) is 21.8 Å². The molecule has 0 saturated heterocycles. The number of hydrogen-bond acceptors (Lipinski definition) is 4. The van der Waals surface area contributed by atoms with Crippen LogP contribution in [0.25, 0.3) is 0 Å². The number of aromatic nitrogens is 2.